The zero-order chi connectivity index (χ0) is 14.8. The van der Waals surface area contributed by atoms with Gasteiger partial charge in [0.15, 0.2) is 5.76 Å². The largest absolute Gasteiger partial charge is 0.376 e. The minimum absolute atomic E-state index is 0.0705. The Balaban J connectivity index is 1.90. The number of nitrogens with one attached hydrogen (secondary N) is 1. The molecule has 1 saturated heterocycles. The van der Waals surface area contributed by atoms with Crippen molar-refractivity contribution in [3.05, 3.63) is 11.5 Å². The van der Waals surface area contributed by atoms with E-state index in [0.29, 0.717) is 31.0 Å². The van der Waals surface area contributed by atoms with Crippen LogP contribution in [-0.4, -0.2) is 57.9 Å². The van der Waals surface area contributed by atoms with E-state index in [1.165, 1.54) is 0 Å². The summed E-state index contributed by atoms with van der Waals surface area (Å²) in [6, 6.07) is 0. The molecule has 0 amide bonds. The molecular weight excluding hydrogens is 282 g/mol. The van der Waals surface area contributed by atoms with Gasteiger partial charge in [-0.15, -0.1) is 0 Å². The van der Waals surface area contributed by atoms with Crippen LogP contribution < -0.4 is 4.72 Å². The summed E-state index contributed by atoms with van der Waals surface area (Å²) in [5.41, 5.74) is 0.378. The normalized spacial score (nSPS) is 21.2. The van der Waals surface area contributed by atoms with Gasteiger partial charge in [-0.1, -0.05) is 5.16 Å². The molecule has 114 valence electrons. The van der Waals surface area contributed by atoms with Crippen molar-refractivity contribution in [3.63, 3.8) is 0 Å². The maximum Gasteiger partial charge on any atom is 0.245 e. The fraction of sp³-hybridized carbons (Fsp3) is 0.750. The van der Waals surface area contributed by atoms with Gasteiger partial charge in [-0.25, -0.2) is 13.1 Å². The fourth-order valence-electron chi connectivity index (χ4n) is 2.33. The van der Waals surface area contributed by atoms with E-state index >= 15 is 0 Å². The number of likely N-dealkylation sites (N-methyl/N-ethyl adjacent to an activating group) is 1. The molecule has 1 aromatic rings. The van der Waals surface area contributed by atoms with E-state index in [2.05, 4.69) is 14.8 Å². The van der Waals surface area contributed by atoms with Crippen molar-refractivity contribution in [2.24, 2.45) is 0 Å². The van der Waals surface area contributed by atoms with Crippen LogP contribution in [0.25, 0.3) is 0 Å². The number of ether oxygens (including phenoxy) is 1. The molecular formula is C12H21N3O4S. The van der Waals surface area contributed by atoms with Crippen molar-refractivity contribution in [3.8, 4) is 0 Å². The van der Waals surface area contributed by atoms with Crippen molar-refractivity contribution in [1.82, 2.24) is 14.8 Å². The van der Waals surface area contributed by atoms with E-state index in [9.17, 15) is 8.42 Å². The Hall–Kier alpha value is -0.960. The number of rotatable bonds is 5. The number of aromatic nitrogens is 1. The molecule has 1 unspecified atom stereocenters. The second kappa shape index (κ2) is 6.21. The average molecular weight is 303 g/mol. The van der Waals surface area contributed by atoms with Gasteiger partial charge in [-0.2, -0.15) is 0 Å². The first-order chi connectivity index (χ1) is 9.40. The Kier molecular flexibility index (Phi) is 4.79. The molecule has 0 saturated carbocycles. The third kappa shape index (κ3) is 3.57. The van der Waals surface area contributed by atoms with Gasteiger partial charge in [0.25, 0.3) is 0 Å². The number of hydrogen-bond acceptors (Lipinski definition) is 6. The summed E-state index contributed by atoms with van der Waals surface area (Å²) in [4.78, 5) is 2.32. The molecule has 20 heavy (non-hydrogen) atoms. The fourth-order valence-corrected chi connectivity index (χ4v) is 3.70. The zero-order valence-corrected chi connectivity index (χ0v) is 12.9. The van der Waals surface area contributed by atoms with Gasteiger partial charge in [0.2, 0.25) is 10.0 Å². The smallest absolute Gasteiger partial charge is 0.245 e. The molecule has 2 heterocycles. The maximum atomic E-state index is 12.2. The van der Waals surface area contributed by atoms with Crippen molar-refractivity contribution >= 4 is 10.0 Å². The Bertz CT molecular complexity index is 536. The summed E-state index contributed by atoms with van der Waals surface area (Å²) in [6.07, 6.45) is 0.716. The second-order valence-electron chi connectivity index (χ2n) is 5.09. The van der Waals surface area contributed by atoms with E-state index in [4.69, 9.17) is 9.26 Å². The van der Waals surface area contributed by atoms with Gasteiger partial charge in [0, 0.05) is 19.6 Å². The topological polar surface area (TPSA) is 84.7 Å². The lowest BCUT2D eigenvalue weighted by molar-refractivity contribution is -0.0222. The lowest BCUT2D eigenvalue weighted by atomic mass is 10.2. The van der Waals surface area contributed by atoms with Crippen molar-refractivity contribution in [2.75, 3.05) is 33.3 Å². The molecule has 0 aromatic carbocycles. The van der Waals surface area contributed by atoms with Gasteiger partial charge in [-0.3, -0.25) is 0 Å². The number of morpholine rings is 1. The SMILES string of the molecule is Cc1noc(C)c1S(=O)(=O)NCCC1CN(C)CCO1. The quantitative estimate of drug-likeness (QED) is 0.841. The minimum Gasteiger partial charge on any atom is -0.376 e. The molecule has 1 aliphatic rings. The van der Waals surface area contributed by atoms with Crippen LogP contribution in [0.2, 0.25) is 0 Å². The van der Waals surface area contributed by atoms with Crippen LogP contribution in [-0.2, 0) is 14.8 Å². The Morgan fingerprint density at radius 2 is 2.20 bits per heavy atom. The first-order valence-electron chi connectivity index (χ1n) is 6.63. The summed E-state index contributed by atoms with van der Waals surface area (Å²) in [6.45, 7) is 5.98. The molecule has 0 radical (unpaired) electrons. The predicted molar refractivity (Wildman–Crippen MR) is 73.0 cm³/mol. The standard InChI is InChI=1S/C12H21N3O4S/c1-9-12(10(2)19-14-9)20(16,17)13-5-4-11-8-15(3)6-7-18-11/h11,13H,4-8H2,1-3H3. The Morgan fingerprint density at radius 1 is 1.45 bits per heavy atom. The molecule has 1 aliphatic heterocycles. The van der Waals surface area contributed by atoms with Gasteiger partial charge in [0.05, 0.1) is 12.7 Å². The molecule has 0 aliphatic carbocycles. The van der Waals surface area contributed by atoms with E-state index in [1.807, 2.05) is 7.05 Å². The molecule has 1 fully saturated rings. The van der Waals surface area contributed by atoms with E-state index < -0.39 is 10.0 Å². The van der Waals surface area contributed by atoms with Crippen LogP contribution >= 0.6 is 0 Å². The lowest BCUT2D eigenvalue weighted by Gasteiger charge is -2.30. The average Bonchev–Trinajstić information content (AvgIpc) is 2.69. The maximum absolute atomic E-state index is 12.2. The molecule has 1 atom stereocenters. The number of nitrogens with zero attached hydrogens (tertiary/aromatic N) is 2. The summed E-state index contributed by atoms with van der Waals surface area (Å²) < 4.78 is 37.4. The predicted octanol–water partition coefficient (Wildman–Crippen LogP) is 0.290. The van der Waals surface area contributed by atoms with E-state index in [-0.39, 0.29) is 11.0 Å². The van der Waals surface area contributed by atoms with Crippen LogP contribution in [0, 0.1) is 13.8 Å². The van der Waals surface area contributed by atoms with Gasteiger partial charge in [0.1, 0.15) is 10.6 Å². The number of aryl methyl sites for hydroxylation is 2. The summed E-state index contributed by atoms with van der Waals surface area (Å²) in [7, 11) is -1.54. The van der Waals surface area contributed by atoms with Crippen molar-refractivity contribution < 1.29 is 17.7 Å². The molecule has 2 rings (SSSR count). The number of hydrogen-bond donors (Lipinski definition) is 1. The molecule has 7 nitrogen and oxygen atoms in total. The summed E-state index contributed by atoms with van der Waals surface area (Å²) in [5, 5.41) is 3.66. The molecule has 0 bridgehead atoms. The highest BCUT2D eigenvalue weighted by atomic mass is 32.2. The van der Waals surface area contributed by atoms with Crippen LogP contribution in [0.4, 0.5) is 0 Å². The van der Waals surface area contributed by atoms with Gasteiger partial charge >= 0.3 is 0 Å². The van der Waals surface area contributed by atoms with Crippen LogP contribution in [0.1, 0.15) is 17.9 Å². The van der Waals surface area contributed by atoms with Crippen LogP contribution in [0.5, 0.6) is 0 Å². The molecule has 8 heteroatoms. The van der Waals surface area contributed by atoms with Crippen LogP contribution in [0.15, 0.2) is 9.42 Å². The Morgan fingerprint density at radius 3 is 2.80 bits per heavy atom. The monoisotopic (exact) mass is 303 g/mol. The van der Waals surface area contributed by atoms with Crippen molar-refractivity contribution in [2.45, 2.75) is 31.3 Å². The van der Waals surface area contributed by atoms with E-state index in [1.54, 1.807) is 13.8 Å². The van der Waals surface area contributed by atoms with Crippen molar-refractivity contribution in [1.29, 1.82) is 0 Å². The third-order valence-corrected chi connectivity index (χ3v) is 5.04. The number of sulfonamides is 1. The first-order valence-corrected chi connectivity index (χ1v) is 8.11. The molecule has 1 N–H and O–H groups in total. The first kappa shape index (κ1) is 15.4. The zero-order valence-electron chi connectivity index (χ0n) is 12.0. The van der Waals surface area contributed by atoms with Crippen LogP contribution in [0.3, 0.4) is 0 Å². The minimum atomic E-state index is -3.57. The summed E-state index contributed by atoms with van der Waals surface area (Å²) >= 11 is 0. The van der Waals surface area contributed by atoms with Gasteiger partial charge < -0.3 is 14.2 Å². The second-order valence-corrected chi connectivity index (χ2v) is 6.80. The summed E-state index contributed by atoms with van der Waals surface area (Å²) in [5.74, 6) is 0.309. The highest BCUT2D eigenvalue weighted by Gasteiger charge is 2.24. The van der Waals surface area contributed by atoms with E-state index in [0.717, 1.165) is 13.1 Å². The Labute approximate surface area is 119 Å². The molecule has 0 spiro atoms. The lowest BCUT2D eigenvalue weighted by Crippen LogP contribution is -2.41. The third-order valence-electron chi connectivity index (χ3n) is 3.34. The highest BCUT2D eigenvalue weighted by Crippen LogP contribution is 2.18. The van der Waals surface area contributed by atoms with Gasteiger partial charge in [-0.05, 0) is 27.3 Å². The highest BCUT2D eigenvalue weighted by molar-refractivity contribution is 7.89. The molecule has 1 aromatic heterocycles.